The maximum Gasteiger partial charge on any atom is 0.258 e. The molecule has 1 aliphatic heterocycles. The van der Waals surface area contributed by atoms with Gasteiger partial charge in [0.2, 0.25) is 0 Å². The Hall–Kier alpha value is 0.100. The lowest BCUT2D eigenvalue weighted by molar-refractivity contribution is 0.410. The summed E-state index contributed by atoms with van der Waals surface area (Å²) in [5.74, 6) is 2.56. The monoisotopic (exact) mass is 176 g/mol. The van der Waals surface area contributed by atoms with E-state index in [1.54, 1.807) is 0 Å². The van der Waals surface area contributed by atoms with Gasteiger partial charge in [-0.1, -0.05) is 17.3 Å². The molecule has 0 aromatic carbocycles. The van der Waals surface area contributed by atoms with E-state index in [4.69, 9.17) is 10.9 Å². The SMILES string of the molecule is C#CC1CCP(=O)(OC)S1. The van der Waals surface area contributed by atoms with Gasteiger partial charge in [-0.3, -0.25) is 4.57 Å². The van der Waals surface area contributed by atoms with Crippen LogP contribution in [0.25, 0.3) is 0 Å². The van der Waals surface area contributed by atoms with Gasteiger partial charge in [0.1, 0.15) is 0 Å². The fourth-order valence-electron chi connectivity index (χ4n) is 0.823. The van der Waals surface area contributed by atoms with Crippen LogP contribution in [0, 0.1) is 12.3 Å². The third-order valence-electron chi connectivity index (χ3n) is 1.42. The van der Waals surface area contributed by atoms with Crippen LogP contribution in [0.5, 0.6) is 0 Å². The molecule has 0 spiro atoms. The zero-order valence-electron chi connectivity index (χ0n) is 5.74. The molecule has 2 nitrogen and oxygen atoms in total. The Bertz CT molecular complexity index is 208. The molecule has 0 saturated carbocycles. The molecule has 10 heavy (non-hydrogen) atoms. The first-order chi connectivity index (χ1) is 4.70. The van der Waals surface area contributed by atoms with E-state index in [9.17, 15) is 4.57 Å². The molecule has 0 N–H and O–H groups in total. The average molecular weight is 176 g/mol. The highest BCUT2D eigenvalue weighted by Crippen LogP contribution is 2.66. The van der Waals surface area contributed by atoms with E-state index in [0.717, 1.165) is 6.42 Å². The van der Waals surface area contributed by atoms with Gasteiger partial charge < -0.3 is 4.52 Å². The maximum absolute atomic E-state index is 11.4. The van der Waals surface area contributed by atoms with Crippen LogP contribution in [0.3, 0.4) is 0 Å². The van der Waals surface area contributed by atoms with E-state index >= 15 is 0 Å². The third-order valence-corrected chi connectivity index (χ3v) is 6.45. The van der Waals surface area contributed by atoms with Crippen LogP contribution in [-0.2, 0) is 9.09 Å². The molecule has 2 atom stereocenters. The molecule has 2 unspecified atom stereocenters. The van der Waals surface area contributed by atoms with Crippen LogP contribution in [0.2, 0.25) is 0 Å². The van der Waals surface area contributed by atoms with Crippen molar-refractivity contribution in [3.63, 3.8) is 0 Å². The second-order valence-corrected chi connectivity index (χ2v) is 7.18. The Morgan fingerprint density at radius 3 is 2.90 bits per heavy atom. The van der Waals surface area contributed by atoms with E-state index in [-0.39, 0.29) is 5.25 Å². The van der Waals surface area contributed by atoms with Gasteiger partial charge in [0, 0.05) is 13.3 Å². The Balaban J connectivity index is 2.60. The number of hydrogen-bond acceptors (Lipinski definition) is 3. The second kappa shape index (κ2) is 3.00. The average Bonchev–Trinajstić information content (AvgIpc) is 2.33. The van der Waals surface area contributed by atoms with Crippen molar-refractivity contribution in [3.8, 4) is 12.3 Å². The van der Waals surface area contributed by atoms with Crippen LogP contribution < -0.4 is 0 Å². The fraction of sp³-hybridized carbons (Fsp3) is 0.667. The Kier molecular flexibility index (Phi) is 2.46. The highest BCUT2D eigenvalue weighted by Gasteiger charge is 2.34. The second-order valence-electron chi connectivity index (χ2n) is 2.07. The highest BCUT2D eigenvalue weighted by molar-refractivity contribution is 8.57. The van der Waals surface area contributed by atoms with Crippen molar-refractivity contribution in [2.24, 2.45) is 0 Å². The van der Waals surface area contributed by atoms with Gasteiger partial charge in [0.05, 0.1) is 5.25 Å². The Morgan fingerprint density at radius 2 is 2.60 bits per heavy atom. The van der Waals surface area contributed by atoms with Crippen LogP contribution >= 0.6 is 18.0 Å². The molecule has 1 fully saturated rings. The molecular weight excluding hydrogens is 167 g/mol. The molecule has 0 aliphatic carbocycles. The number of hydrogen-bond donors (Lipinski definition) is 0. The summed E-state index contributed by atoms with van der Waals surface area (Å²) < 4.78 is 16.3. The molecule has 4 heteroatoms. The molecular formula is C6H9O2PS. The third kappa shape index (κ3) is 1.58. The first-order valence-corrected chi connectivity index (χ1v) is 6.29. The largest absolute Gasteiger partial charge is 0.324 e. The molecule has 0 amide bonds. The van der Waals surface area contributed by atoms with Crippen molar-refractivity contribution < 1.29 is 9.09 Å². The maximum atomic E-state index is 11.4. The van der Waals surface area contributed by atoms with E-state index in [1.165, 1.54) is 18.5 Å². The summed E-state index contributed by atoms with van der Waals surface area (Å²) in [4.78, 5) is 0. The first kappa shape index (κ1) is 8.20. The summed E-state index contributed by atoms with van der Waals surface area (Å²) in [6.45, 7) is -2.35. The lowest BCUT2D eigenvalue weighted by atomic mass is 10.3. The first-order valence-electron chi connectivity index (χ1n) is 2.99. The highest BCUT2D eigenvalue weighted by atomic mass is 32.7. The quantitative estimate of drug-likeness (QED) is 0.451. The molecule has 0 aromatic heterocycles. The molecule has 1 rings (SSSR count). The fourth-order valence-corrected chi connectivity index (χ4v) is 5.17. The smallest absolute Gasteiger partial charge is 0.258 e. The molecule has 0 aromatic rings. The lowest BCUT2D eigenvalue weighted by Gasteiger charge is -2.05. The molecule has 56 valence electrons. The zero-order valence-corrected chi connectivity index (χ0v) is 7.45. The molecule has 1 heterocycles. The van der Waals surface area contributed by atoms with Crippen LogP contribution in [-0.4, -0.2) is 18.5 Å². The molecule has 1 saturated heterocycles. The van der Waals surface area contributed by atoms with Crippen LogP contribution in [0.1, 0.15) is 6.42 Å². The minimum Gasteiger partial charge on any atom is -0.324 e. The van der Waals surface area contributed by atoms with Crippen LogP contribution in [0.4, 0.5) is 0 Å². The van der Waals surface area contributed by atoms with E-state index in [0.29, 0.717) is 6.16 Å². The summed E-state index contributed by atoms with van der Waals surface area (Å²) in [6.07, 6.45) is 6.62. The van der Waals surface area contributed by atoms with Crippen molar-refractivity contribution in [2.75, 3.05) is 13.3 Å². The van der Waals surface area contributed by atoms with Gasteiger partial charge in [0.25, 0.3) is 6.57 Å². The van der Waals surface area contributed by atoms with Crippen LogP contribution in [0.15, 0.2) is 0 Å². The topological polar surface area (TPSA) is 26.3 Å². The van der Waals surface area contributed by atoms with Gasteiger partial charge in [-0.05, 0) is 6.42 Å². The minimum atomic E-state index is -2.35. The molecule has 1 aliphatic rings. The van der Waals surface area contributed by atoms with Crippen molar-refractivity contribution in [2.45, 2.75) is 11.7 Å². The van der Waals surface area contributed by atoms with Crippen molar-refractivity contribution >= 4 is 18.0 Å². The van der Waals surface area contributed by atoms with Gasteiger partial charge >= 0.3 is 0 Å². The summed E-state index contributed by atoms with van der Waals surface area (Å²) in [6, 6.07) is 0. The Labute approximate surface area is 64.9 Å². The van der Waals surface area contributed by atoms with Crippen molar-refractivity contribution in [1.82, 2.24) is 0 Å². The van der Waals surface area contributed by atoms with E-state index in [1.807, 2.05) is 0 Å². The summed E-state index contributed by atoms with van der Waals surface area (Å²) in [5, 5.41) is 0.103. The van der Waals surface area contributed by atoms with Gasteiger partial charge in [-0.25, -0.2) is 0 Å². The standard InChI is InChI=1S/C6H9O2PS/c1-3-6-4-5-9(7,8-2)10-6/h1,6H,4-5H2,2H3. The van der Waals surface area contributed by atoms with Gasteiger partial charge in [0.15, 0.2) is 0 Å². The summed E-state index contributed by atoms with van der Waals surface area (Å²) in [7, 11) is 1.48. The number of terminal acetylenes is 1. The predicted molar refractivity (Wildman–Crippen MR) is 44.3 cm³/mol. The molecule has 0 bridgehead atoms. The van der Waals surface area contributed by atoms with Crippen molar-refractivity contribution in [3.05, 3.63) is 0 Å². The Morgan fingerprint density at radius 1 is 1.90 bits per heavy atom. The van der Waals surface area contributed by atoms with Crippen molar-refractivity contribution in [1.29, 1.82) is 0 Å². The van der Waals surface area contributed by atoms with E-state index in [2.05, 4.69) is 5.92 Å². The summed E-state index contributed by atoms with van der Waals surface area (Å²) >= 11 is 1.31. The normalized spacial score (nSPS) is 39.4. The van der Waals surface area contributed by atoms with E-state index < -0.39 is 6.57 Å². The molecule has 0 radical (unpaired) electrons. The number of rotatable bonds is 1. The lowest BCUT2D eigenvalue weighted by Crippen LogP contribution is -1.88. The predicted octanol–water partition coefficient (Wildman–Crippen LogP) is 1.96. The van der Waals surface area contributed by atoms with Gasteiger partial charge in [-0.2, -0.15) is 0 Å². The minimum absolute atomic E-state index is 0.103. The summed E-state index contributed by atoms with van der Waals surface area (Å²) in [5.41, 5.74) is 0. The van der Waals surface area contributed by atoms with Gasteiger partial charge in [-0.15, -0.1) is 6.42 Å². The zero-order chi connectivity index (χ0) is 7.61.